The van der Waals surface area contributed by atoms with Crippen molar-refractivity contribution >= 4 is 42.7 Å². The third kappa shape index (κ3) is 5.06. The second kappa shape index (κ2) is 10.4. The van der Waals surface area contributed by atoms with Gasteiger partial charge in [-0.15, -0.1) is 21.5 Å². The van der Waals surface area contributed by atoms with Gasteiger partial charge in [0, 0.05) is 5.56 Å². The van der Waals surface area contributed by atoms with Gasteiger partial charge in [-0.1, -0.05) is 72.0 Å². The molecule has 0 aliphatic carbocycles. The predicted octanol–water partition coefficient (Wildman–Crippen LogP) is 5.24. The summed E-state index contributed by atoms with van der Waals surface area (Å²) in [6, 6.07) is 20.9. The fraction of sp³-hybridized carbons (Fsp3) is 0.111. The van der Waals surface area contributed by atoms with Gasteiger partial charge in [-0.25, -0.2) is 17.8 Å². The van der Waals surface area contributed by atoms with Crippen molar-refractivity contribution in [1.82, 2.24) is 20.2 Å². The first-order valence-corrected chi connectivity index (χ1v) is 15.3. The lowest BCUT2D eigenvalue weighted by Gasteiger charge is -2.12. The molecule has 2 N–H and O–H groups in total. The first kappa shape index (κ1) is 26.0. The van der Waals surface area contributed by atoms with Gasteiger partial charge < -0.3 is 9.52 Å². The van der Waals surface area contributed by atoms with E-state index in [0.717, 1.165) is 22.7 Å². The standard InChI is InChI=1S/C27H19FN4O5S3/c28-21-17(16-9-5-2-6-10-16)11-12-18-22(21)39-26(29-18)23(40(35,36)14-15-7-3-1-4-8-15)25-32-31-20(37-25)13-19-24(33)30-27(34)38-19/h1-12,23,33H,13-14H2,(H,30,34). The van der Waals surface area contributed by atoms with Gasteiger partial charge in [0.1, 0.15) is 10.8 Å². The van der Waals surface area contributed by atoms with Crippen molar-refractivity contribution in [3.63, 3.8) is 0 Å². The molecule has 6 aromatic rings. The number of H-pyrrole nitrogens is 1. The minimum atomic E-state index is -4.04. The first-order chi connectivity index (χ1) is 19.3. The Morgan fingerprint density at radius 3 is 2.40 bits per heavy atom. The van der Waals surface area contributed by atoms with Gasteiger partial charge in [0.25, 0.3) is 0 Å². The third-order valence-corrected chi connectivity index (χ3v) is 10.1. The Hall–Kier alpha value is -4.20. The van der Waals surface area contributed by atoms with Crippen LogP contribution in [0.4, 0.5) is 4.39 Å². The van der Waals surface area contributed by atoms with Crippen LogP contribution in [0, 0.1) is 5.82 Å². The van der Waals surface area contributed by atoms with Gasteiger partial charge in [-0.3, -0.25) is 9.78 Å². The topological polar surface area (TPSA) is 139 Å². The van der Waals surface area contributed by atoms with Gasteiger partial charge >= 0.3 is 4.87 Å². The molecule has 0 saturated heterocycles. The zero-order valence-corrected chi connectivity index (χ0v) is 22.9. The average molecular weight is 595 g/mol. The van der Waals surface area contributed by atoms with E-state index in [1.807, 2.05) is 18.2 Å². The summed E-state index contributed by atoms with van der Waals surface area (Å²) >= 11 is 1.69. The second-order valence-electron chi connectivity index (χ2n) is 8.86. The number of aromatic amines is 1. The van der Waals surface area contributed by atoms with Gasteiger partial charge in [0.2, 0.25) is 17.7 Å². The zero-order chi connectivity index (χ0) is 27.9. The quantitative estimate of drug-likeness (QED) is 0.244. The summed E-state index contributed by atoms with van der Waals surface area (Å²) in [7, 11) is -4.04. The molecule has 0 spiro atoms. The number of aromatic hydroxyl groups is 1. The highest BCUT2D eigenvalue weighted by Gasteiger charge is 2.37. The molecule has 0 amide bonds. The molecule has 9 nitrogen and oxygen atoms in total. The van der Waals surface area contributed by atoms with Crippen LogP contribution in [0.3, 0.4) is 0 Å². The lowest BCUT2D eigenvalue weighted by Crippen LogP contribution is -2.17. The molecule has 1 unspecified atom stereocenters. The summed E-state index contributed by atoms with van der Waals surface area (Å²) in [4.78, 5) is 18.1. The second-order valence-corrected chi connectivity index (χ2v) is 13.0. The summed E-state index contributed by atoms with van der Waals surface area (Å²) in [5.74, 6) is -1.41. The Morgan fingerprint density at radius 2 is 1.70 bits per heavy atom. The van der Waals surface area contributed by atoms with Crippen LogP contribution in [0.2, 0.25) is 0 Å². The van der Waals surface area contributed by atoms with Crippen molar-refractivity contribution in [2.75, 3.05) is 0 Å². The molecule has 3 aromatic carbocycles. The van der Waals surface area contributed by atoms with Crippen molar-refractivity contribution in [2.45, 2.75) is 17.4 Å². The monoisotopic (exact) mass is 594 g/mol. The Balaban J connectivity index is 1.44. The maximum Gasteiger partial charge on any atom is 0.307 e. The van der Waals surface area contributed by atoms with Crippen LogP contribution < -0.4 is 4.87 Å². The predicted molar refractivity (Wildman–Crippen MR) is 150 cm³/mol. The number of nitrogens with one attached hydrogen (secondary N) is 1. The number of hydrogen-bond acceptors (Lipinski definition) is 10. The van der Waals surface area contributed by atoms with Gasteiger partial charge in [0.05, 0.1) is 27.3 Å². The Bertz CT molecular complexity index is 1980. The Morgan fingerprint density at radius 1 is 0.975 bits per heavy atom. The number of sulfone groups is 1. The van der Waals surface area contributed by atoms with Crippen LogP contribution in [0.25, 0.3) is 21.3 Å². The number of halogens is 1. The largest absolute Gasteiger partial charge is 0.494 e. The molecule has 3 aromatic heterocycles. The van der Waals surface area contributed by atoms with E-state index in [0.29, 0.717) is 22.2 Å². The molecule has 40 heavy (non-hydrogen) atoms. The van der Waals surface area contributed by atoms with E-state index in [1.54, 1.807) is 54.6 Å². The number of hydrogen-bond donors (Lipinski definition) is 2. The number of nitrogens with zero attached hydrogens (tertiary/aromatic N) is 3. The highest BCUT2D eigenvalue weighted by Crippen LogP contribution is 2.39. The number of fused-ring (bicyclic) bond motifs is 1. The third-order valence-electron chi connectivity index (χ3n) is 6.11. The molecular weight excluding hydrogens is 576 g/mol. The minimum absolute atomic E-state index is 0.000818. The molecule has 202 valence electrons. The number of aromatic nitrogens is 4. The Kier molecular flexibility index (Phi) is 6.78. The van der Waals surface area contributed by atoms with Gasteiger partial charge in [-0.2, -0.15) is 0 Å². The van der Waals surface area contributed by atoms with Crippen molar-refractivity contribution < 1.29 is 22.3 Å². The van der Waals surface area contributed by atoms with E-state index in [2.05, 4.69) is 20.2 Å². The first-order valence-electron chi connectivity index (χ1n) is 11.9. The lowest BCUT2D eigenvalue weighted by atomic mass is 10.1. The van der Waals surface area contributed by atoms with E-state index >= 15 is 4.39 Å². The van der Waals surface area contributed by atoms with Gasteiger partial charge in [-0.05, 0) is 23.3 Å². The fourth-order valence-corrected chi connectivity index (χ4v) is 8.15. The zero-order valence-electron chi connectivity index (χ0n) is 20.4. The maximum absolute atomic E-state index is 15.7. The molecule has 0 saturated carbocycles. The van der Waals surface area contributed by atoms with Crippen LogP contribution in [-0.2, 0) is 22.0 Å². The molecule has 0 fully saturated rings. The number of rotatable bonds is 8. The smallest absolute Gasteiger partial charge is 0.307 e. The van der Waals surface area contributed by atoms with E-state index in [4.69, 9.17) is 4.42 Å². The summed E-state index contributed by atoms with van der Waals surface area (Å²) < 4.78 is 49.3. The summed E-state index contributed by atoms with van der Waals surface area (Å²) in [5, 5.41) is 16.5. The van der Waals surface area contributed by atoms with E-state index in [-0.39, 0.29) is 44.4 Å². The van der Waals surface area contributed by atoms with Crippen LogP contribution in [0.5, 0.6) is 5.88 Å². The van der Waals surface area contributed by atoms with Crippen LogP contribution in [0.15, 0.2) is 82.0 Å². The molecule has 0 radical (unpaired) electrons. The summed E-state index contributed by atoms with van der Waals surface area (Å²) in [6.07, 6.45) is -0.0808. The van der Waals surface area contributed by atoms with E-state index in [9.17, 15) is 18.3 Å². The normalized spacial score (nSPS) is 12.6. The van der Waals surface area contributed by atoms with Crippen molar-refractivity contribution in [3.05, 3.63) is 116 Å². The molecule has 13 heteroatoms. The highest BCUT2D eigenvalue weighted by atomic mass is 32.2. The van der Waals surface area contributed by atoms with Crippen molar-refractivity contribution in [1.29, 1.82) is 0 Å². The minimum Gasteiger partial charge on any atom is -0.494 e. The van der Waals surface area contributed by atoms with Crippen LogP contribution in [0.1, 0.15) is 32.5 Å². The lowest BCUT2D eigenvalue weighted by molar-refractivity contribution is 0.438. The van der Waals surface area contributed by atoms with Crippen molar-refractivity contribution in [2.24, 2.45) is 0 Å². The SMILES string of the molecule is O=c1[nH]c(O)c(Cc2nnc(C(c3nc4ccc(-c5ccccc5)c(F)c4s3)S(=O)(=O)Cc3ccccc3)o2)s1. The maximum atomic E-state index is 15.7. The molecule has 3 heterocycles. The summed E-state index contributed by atoms with van der Waals surface area (Å²) in [5.41, 5.74) is 1.91. The Labute approximate surface area is 234 Å². The molecule has 0 aliphatic rings. The van der Waals surface area contributed by atoms with Gasteiger partial charge in [0.15, 0.2) is 15.1 Å². The molecular formula is C27H19FN4O5S3. The van der Waals surface area contributed by atoms with E-state index < -0.39 is 25.8 Å². The highest BCUT2D eigenvalue weighted by molar-refractivity contribution is 7.91. The molecule has 0 bridgehead atoms. The van der Waals surface area contributed by atoms with E-state index in [1.165, 1.54) is 0 Å². The molecule has 6 rings (SSSR count). The molecule has 0 aliphatic heterocycles. The average Bonchev–Trinajstić information content (AvgIpc) is 3.64. The van der Waals surface area contributed by atoms with Crippen LogP contribution in [-0.4, -0.2) is 33.7 Å². The van der Waals surface area contributed by atoms with Crippen LogP contribution >= 0.6 is 22.7 Å². The number of thiazole rings is 2. The number of benzene rings is 3. The fourth-order valence-electron chi connectivity index (χ4n) is 4.29. The molecule has 1 atom stereocenters. The summed E-state index contributed by atoms with van der Waals surface area (Å²) in [6.45, 7) is 0. The van der Waals surface area contributed by atoms with Crippen molar-refractivity contribution in [3.8, 4) is 17.0 Å².